The number of hydrogen-bond donors (Lipinski definition) is 1. The van der Waals surface area contributed by atoms with Gasteiger partial charge in [0, 0.05) is 16.5 Å². The Morgan fingerprint density at radius 1 is 1.13 bits per heavy atom. The third-order valence-corrected chi connectivity index (χ3v) is 7.33. The smallest absolute Gasteiger partial charge is 0.338 e. The fourth-order valence-electron chi connectivity index (χ4n) is 4.06. The molecule has 1 aliphatic heterocycles. The van der Waals surface area contributed by atoms with Gasteiger partial charge in [-0.3, -0.25) is 0 Å². The minimum absolute atomic E-state index is 0.361. The van der Waals surface area contributed by atoms with E-state index in [1.165, 1.54) is 0 Å². The van der Waals surface area contributed by atoms with E-state index < -0.39 is 6.04 Å². The van der Waals surface area contributed by atoms with Crippen LogP contribution in [0, 0.1) is 0 Å². The van der Waals surface area contributed by atoms with E-state index in [9.17, 15) is 4.79 Å². The number of aromatic nitrogens is 3. The molecule has 1 N–H and O–H groups in total. The number of anilines is 1. The van der Waals surface area contributed by atoms with Crippen LogP contribution >= 0.6 is 23.4 Å². The SMILES string of the molecule is CCCCOC(=O)C1=C(C)Nc2nc(SCCC)nn2C1c1ccc(OCc2ccc(Cl)cc2)c(OC)c1. The van der Waals surface area contributed by atoms with Crippen molar-refractivity contribution in [1.82, 2.24) is 14.8 Å². The second-order valence-corrected chi connectivity index (χ2v) is 10.4. The highest BCUT2D eigenvalue weighted by molar-refractivity contribution is 7.99. The molecule has 0 amide bonds. The third-order valence-electron chi connectivity index (χ3n) is 6.03. The van der Waals surface area contributed by atoms with E-state index in [1.807, 2.05) is 49.4 Å². The van der Waals surface area contributed by atoms with Gasteiger partial charge in [0.05, 0.1) is 19.3 Å². The summed E-state index contributed by atoms with van der Waals surface area (Å²) < 4.78 is 19.1. The average Bonchev–Trinajstić information content (AvgIpc) is 3.33. The van der Waals surface area contributed by atoms with Gasteiger partial charge in [0.25, 0.3) is 0 Å². The summed E-state index contributed by atoms with van der Waals surface area (Å²) in [5, 5.41) is 9.33. The van der Waals surface area contributed by atoms with Gasteiger partial charge in [-0.05, 0) is 55.2 Å². The molecule has 38 heavy (non-hydrogen) atoms. The quantitative estimate of drug-likeness (QED) is 0.151. The van der Waals surface area contributed by atoms with Crippen LogP contribution < -0.4 is 14.8 Å². The predicted molar refractivity (Wildman–Crippen MR) is 150 cm³/mol. The summed E-state index contributed by atoms with van der Waals surface area (Å²) in [5.74, 6) is 2.25. The van der Waals surface area contributed by atoms with Gasteiger partial charge in [0.1, 0.15) is 12.6 Å². The molecule has 8 nitrogen and oxygen atoms in total. The van der Waals surface area contributed by atoms with Crippen LogP contribution in [-0.4, -0.2) is 40.2 Å². The largest absolute Gasteiger partial charge is 0.493 e. The Bertz CT molecular complexity index is 1290. The maximum Gasteiger partial charge on any atom is 0.338 e. The van der Waals surface area contributed by atoms with Crippen LogP contribution in [0.25, 0.3) is 0 Å². The fourth-order valence-corrected chi connectivity index (χ4v) is 4.87. The summed E-state index contributed by atoms with van der Waals surface area (Å²) in [4.78, 5) is 18.0. The molecule has 3 aromatic rings. The number of rotatable bonds is 12. The molecule has 1 aromatic heterocycles. The lowest BCUT2D eigenvalue weighted by Crippen LogP contribution is -2.29. The number of unbranched alkanes of at least 4 members (excludes halogenated alkanes) is 1. The molecule has 1 unspecified atom stereocenters. The van der Waals surface area contributed by atoms with Crippen molar-refractivity contribution in [3.8, 4) is 11.5 Å². The van der Waals surface area contributed by atoms with Crippen molar-refractivity contribution in [3.05, 3.63) is 69.9 Å². The summed E-state index contributed by atoms with van der Waals surface area (Å²) in [6.07, 6.45) is 2.75. The van der Waals surface area contributed by atoms with E-state index in [0.29, 0.717) is 52.1 Å². The first kappa shape index (κ1) is 27.9. The maximum atomic E-state index is 13.3. The second kappa shape index (κ2) is 13.1. The number of fused-ring (bicyclic) bond motifs is 1. The molecule has 202 valence electrons. The molecule has 10 heteroatoms. The minimum Gasteiger partial charge on any atom is -0.493 e. The molecule has 4 rings (SSSR count). The molecule has 0 saturated carbocycles. The second-order valence-electron chi connectivity index (χ2n) is 8.89. The van der Waals surface area contributed by atoms with E-state index in [0.717, 1.165) is 36.1 Å². The van der Waals surface area contributed by atoms with Crippen molar-refractivity contribution in [1.29, 1.82) is 0 Å². The number of halogens is 1. The molecule has 0 spiro atoms. The van der Waals surface area contributed by atoms with E-state index >= 15 is 0 Å². The number of esters is 1. The van der Waals surface area contributed by atoms with Crippen LogP contribution in [-0.2, 0) is 16.1 Å². The van der Waals surface area contributed by atoms with Gasteiger partial charge in [0.15, 0.2) is 11.5 Å². The fraction of sp³-hybridized carbons (Fsp3) is 0.393. The molecule has 1 atom stereocenters. The number of methoxy groups -OCH3 is 1. The van der Waals surface area contributed by atoms with Crippen molar-refractivity contribution in [2.75, 3.05) is 24.8 Å². The number of ether oxygens (including phenoxy) is 3. The molecule has 0 bridgehead atoms. The Morgan fingerprint density at radius 2 is 1.92 bits per heavy atom. The molecule has 0 radical (unpaired) electrons. The van der Waals surface area contributed by atoms with Gasteiger partial charge in [-0.1, -0.05) is 61.8 Å². The zero-order valence-electron chi connectivity index (χ0n) is 22.1. The number of benzene rings is 2. The molecule has 0 saturated heterocycles. The summed E-state index contributed by atoms with van der Waals surface area (Å²) in [6, 6.07) is 12.6. The molecule has 2 heterocycles. The van der Waals surface area contributed by atoms with Gasteiger partial charge >= 0.3 is 5.97 Å². The molecular weight excluding hydrogens is 524 g/mol. The summed E-state index contributed by atoms with van der Waals surface area (Å²) >= 11 is 7.58. The Balaban J connectivity index is 1.68. The van der Waals surface area contributed by atoms with Crippen molar-refractivity contribution < 1.29 is 19.0 Å². The Labute approximate surface area is 232 Å². The van der Waals surface area contributed by atoms with Crippen molar-refractivity contribution in [2.24, 2.45) is 0 Å². The number of carbonyl (C=O) groups excluding carboxylic acids is 1. The monoisotopic (exact) mass is 556 g/mol. The highest BCUT2D eigenvalue weighted by Gasteiger charge is 2.35. The number of nitrogens with zero attached hydrogens (tertiary/aromatic N) is 3. The van der Waals surface area contributed by atoms with Crippen LogP contribution in [0.1, 0.15) is 57.2 Å². The van der Waals surface area contributed by atoms with Crippen LogP contribution in [0.15, 0.2) is 58.9 Å². The molecule has 1 aliphatic rings. The van der Waals surface area contributed by atoms with E-state index in [2.05, 4.69) is 24.1 Å². The van der Waals surface area contributed by atoms with E-state index in [1.54, 1.807) is 23.6 Å². The average molecular weight is 557 g/mol. The highest BCUT2D eigenvalue weighted by Crippen LogP contribution is 2.40. The normalized spacial score (nSPS) is 14.6. The first-order chi connectivity index (χ1) is 18.4. The van der Waals surface area contributed by atoms with Crippen molar-refractivity contribution in [2.45, 2.75) is 57.8 Å². The van der Waals surface area contributed by atoms with Crippen molar-refractivity contribution >= 4 is 35.3 Å². The highest BCUT2D eigenvalue weighted by atomic mass is 35.5. The number of thioether (sulfide) groups is 1. The zero-order chi connectivity index (χ0) is 27.1. The van der Waals surface area contributed by atoms with Gasteiger partial charge in [-0.25, -0.2) is 9.48 Å². The lowest BCUT2D eigenvalue weighted by Gasteiger charge is -2.28. The van der Waals surface area contributed by atoms with Crippen molar-refractivity contribution in [3.63, 3.8) is 0 Å². The van der Waals surface area contributed by atoms with Gasteiger partial charge < -0.3 is 19.5 Å². The summed E-state index contributed by atoms with van der Waals surface area (Å²) in [7, 11) is 1.60. The maximum absolute atomic E-state index is 13.3. The van der Waals surface area contributed by atoms with E-state index in [4.69, 9.17) is 30.9 Å². The molecule has 0 fully saturated rings. The van der Waals surface area contributed by atoms with E-state index in [-0.39, 0.29) is 5.97 Å². The summed E-state index contributed by atoms with van der Waals surface area (Å²) in [5.41, 5.74) is 2.97. The first-order valence-electron chi connectivity index (χ1n) is 12.7. The van der Waals surface area contributed by atoms with Gasteiger partial charge in [-0.15, -0.1) is 5.10 Å². The van der Waals surface area contributed by atoms with Crippen LogP contribution in [0.4, 0.5) is 5.95 Å². The van der Waals surface area contributed by atoms with Gasteiger partial charge in [-0.2, -0.15) is 4.98 Å². The molecule has 0 aliphatic carbocycles. The lowest BCUT2D eigenvalue weighted by atomic mass is 9.95. The number of hydrogen-bond acceptors (Lipinski definition) is 8. The Hall–Kier alpha value is -3.17. The van der Waals surface area contributed by atoms with Crippen LogP contribution in [0.3, 0.4) is 0 Å². The third kappa shape index (κ3) is 6.45. The minimum atomic E-state index is -0.539. The number of allylic oxidation sites excluding steroid dienone is 1. The summed E-state index contributed by atoms with van der Waals surface area (Å²) in [6.45, 7) is 6.76. The standard InChI is InChI=1S/C28H33ClN4O4S/c1-5-7-14-36-26(34)24-18(3)30-27-31-28(38-15-6-2)32-33(27)25(24)20-10-13-22(23(16-20)35-4)37-17-19-8-11-21(29)12-9-19/h8-13,16,25H,5-7,14-15,17H2,1-4H3,(H,30,31,32). The topological polar surface area (TPSA) is 87.5 Å². The number of carbonyl (C=O) groups is 1. The first-order valence-corrected chi connectivity index (χ1v) is 14.1. The lowest BCUT2D eigenvalue weighted by molar-refractivity contribution is -0.139. The number of nitrogens with one attached hydrogen (secondary N) is 1. The zero-order valence-corrected chi connectivity index (χ0v) is 23.7. The Morgan fingerprint density at radius 3 is 2.63 bits per heavy atom. The van der Waals surface area contributed by atoms with Gasteiger partial charge in [0.2, 0.25) is 11.1 Å². The van der Waals surface area contributed by atoms with Crippen LogP contribution in [0.2, 0.25) is 5.02 Å². The molecule has 2 aromatic carbocycles. The predicted octanol–water partition coefficient (Wildman–Crippen LogP) is 6.65. The molecular formula is C28H33ClN4O4S. The van der Waals surface area contributed by atoms with Crippen LogP contribution in [0.5, 0.6) is 11.5 Å². The Kier molecular flexibility index (Phi) is 9.58.